The number of hydrogen-bond donors (Lipinski definition) is 1. The van der Waals surface area contributed by atoms with E-state index in [0.29, 0.717) is 6.79 Å². The van der Waals surface area contributed by atoms with Crippen LogP contribution in [-0.2, 0) is 6.42 Å². The zero-order chi connectivity index (χ0) is 12.8. The lowest BCUT2D eigenvalue weighted by Crippen LogP contribution is -2.10. The largest absolute Gasteiger partial charge is 0.454 e. The molecular formula is C15H15NO3. The first-order chi connectivity index (χ1) is 9.33. The zero-order valence-electron chi connectivity index (χ0n) is 10.5. The highest BCUT2D eigenvalue weighted by molar-refractivity contribution is 5.51. The number of hydrogen-bond acceptors (Lipinski definition) is 3. The third kappa shape index (κ3) is 1.64. The van der Waals surface area contributed by atoms with Crippen molar-refractivity contribution < 1.29 is 14.6 Å². The van der Waals surface area contributed by atoms with E-state index in [1.54, 1.807) is 0 Å². The quantitative estimate of drug-likeness (QED) is 0.854. The lowest BCUT2D eigenvalue weighted by molar-refractivity contribution is 0.156. The van der Waals surface area contributed by atoms with Crippen molar-refractivity contribution in [2.75, 3.05) is 6.79 Å². The van der Waals surface area contributed by atoms with Gasteiger partial charge in [-0.2, -0.15) is 0 Å². The molecule has 0 saturated heterocycles. The first kappa shape index (κ1) is 10.9. The molecule has 4 heteroatoms. The molecule has 4 nitrogen and oxygen atoms in total. The Morgan fingerprint density at radius 1 is 1.16 bits per heavy atom. The molecule has 0 radical (unpaired) electrons. The second-order valence-corrected chi connectivity index (χ2v) is 5.03. The van der Waals surface area contributed by atoms with Crippen LogP contribution in [0.5, 0.6) is 11.5 Å². The minimum Gasteiger partial charge on any atom is -0.454 e. The van der Waals surface area contributed by atoms with Crippen molar-refractivity contribution >= 4 is 0 Å². The van der Waals surface area contributed by atoms with Crippen LogP contribution in [0.1, 0.15) is 30.2 Å². The van der Waals surface area contributed by atoms with Gasteiger partial charge in [-0.15, -0.1) is 0 Å². The normalized spacial score (nSPS) is 20.4. The fourth-order valence-electron chi connectivity index (χ4n) is 2.94. The minimum absolute atomic E-state index is 0.293. The predicted octanol–water partition coefficient (Wildman–Crippen LogP) is 2.58. The smallest absolute Gasteiger partial charge is 0.231 e. The van der Waals surface area contributed by atoms with Crippen LogP contribution >= 0.6 is 0 Å². The van der Waals surface area contributed by atoms with E-state index >= 15 is 0 Å². The fraction of sp³-hybridized carbons (Fsp3) is 0.333. The van der Waals surface area contributed by atoms with E-state index in [4.69, 9.17) is 9.47 Å². The average molecular weight is 257 g/mol. The Morgan fingerprint density at radius 3 is 3.00 bits per heavy atom. The predicted molar refractivity (Wildman–Crippen MR) is 69.8 cm³/mol. The molecule has 1 atom stereocenters. The molecule has 2 aromatic rings. The Labute approximate surface area is 111 Å². The van der Waals surface area contributed by atoms with Gasteiger partial charge in [0.25, 0.3) is 0 Å². The summed E-state index contributed by atoms with van der Waals surface area (Å²) < 4.78 is 12.9. The number of aromatic nitrogens is 1. The summed E-state index contributed by atoms with van der Waals surface area (Å²) in [6, 6.07) is 7.96. The van der Waals surface area contributed by atoms with Gasteiger partial charge in [0.2, 0.25) is 6.79 Å². The molecule has 2 aliphatic rings. The standard InChI is InChI=1S/C15H15NO3/c17-13-3-1-2-12-11(13)6-7-16(12)10-4-5-14-15(8-10)19-9-18-14/h4-8,13,17H,1-3,9H2. The highest BCUT2D eigenvalue weighted by atomic mass is 16.7. The summed E-state index contributed by atoms with van der Waals surface area (Å²) in [6.07, 6.45) is 4.60. The first-order valence-electron chi connectivity index (χ1n) is 6.61. The molecule has 0 saturated carbocycles. The lowest BCUT2D eigenvalue weighted by Gasteiger charge is -2.20. The molecule has 1 N–H and O–H groups in total. The first-order valence-corrected chi connectivity index (χ1v) is 6.61. The summed E-state index contributed by atoms with van der Waals surface area (Å²) in [5, 5.41) is 10.0. The topological polar surface area (TPSA) is 43.6 Å². The van der Waals surface area contributed by atoms with Gasteiger partial charge in [-0.05, 0) is 37.5 Å². The summed E-state index contributed by atoms with van der Waals surface area (Å²) >= 11 is 0. The zero-order valence-corrected chi connectivity index (χ0v) is 10.5. The number of rotatable bonds is 1. The molecule has 19 heavy (non-hydrogen) atoms. The molecule has 0 amide bonds. The van der Waals surface area contributed by atoms with Gasteiger partial charge in [-0.1, -0.05) is 0 Å². The van der Waals surface area contributed by atoms with Crippen molar-refractivity contribution in [3.63, 3.8) is 0 Å². The summed E-state index contributed by atoms with van der Waals surface area (Å²) in [5.41, 5.74) is 3.32. The van der Waals surface area contributed by atoms with Crippen LogP contribution in [-0.4, -0.2) is 16.5 Å². The number of fused-ring (bicyclic) bond motifs is 2. The molecule has 1 aliphatic carbocycles. The number of ether oxygens (including phenoxy) is 2. The third-order valence-corrected chi connectivity index (χ3v) is 3.91. The van der Waals surface area contributed by atoms with Gasteiger partial charge in [0, 0.05) is 29.2 Å². The van der Waals surface area contributed by atoms with E-state index in [9.17, 15) is 5.11 Å². The van der Waals surface area contributed by atoms with E-state index in [2.05, 4.69) is 4.57 Å². The van der Waals surface area contributed by atoms with E-state index in [0.717, 1.165) is 42.0 Å². The Bertz CT molecular complexity index is 632. The van der Waals surface area contributed by atoms with Gasteiger partial charge in [0.1, 0.15) is 0 Å². The van der Waals surface area contributed by atoms with Gasteiger partial charge < -0.3 is 19.1 Å². The molecular weight excluding hydrogens is 242 g/mol. The maximum Gasteiger partial charge on any atom is 0.231 e. The maximum atomic E-state index is 10.0. The molecule has 98 valence electrons. The van der Waals surface area contributed by atoms with Crippen LogP contribution in [0, 0.1) is 0 Å². The Balaban J connectivity index is 1.81. The highest BCUT2D eigenvalue weighted by Gasteiger charge is 2.22. The van der Waals surface area contributed by atoms with Crippen molar-refractivity contribution in [2.45, 2.75) is 25.4 Å². The van der Waals surface area contributed by atoms with Crippen LogP contribution in [0.15, 0.2) is 30.5 Å². The van der Waals surface area contributed by atoms with Crippen LogP contribution in [0.25, 0.3) is 5.69 Å². The van der Waals surface area contributed by atoms with Gasteiger partial charge in [-0.3, -0.25) is 0 Å². The molecule has 1 aliphatic heterocycles. The molecule has 0 bridgehead atoms. The van der Waals surface area contributed by atoms with Gasteiger partial charge in [0.05, 0.1) is 6.10 Å². The molecule has 0 spiro atoms. The van der Waals surface area contributed by atoms with E-state index < -0.39 is 0 Å². The third-order valence-electron chi connectivity index (χ3n) is 3.91. The molecule has 0 fully saturated rings. The Morgan fingerprint density at radius 2 is 2.05 bits per heavy atom. The Kier molecular flexibility index (Phi) is 2.32. The lowest BCUT2D eigenvalue weighted by atomic mass is 9.95. The van der Waals surface area contributed by atoms with Gasteiger partial charge in [0.15, 0.2) is 11.5 Å². The van der Waals surface area contributed by atoms with E-state index in [1.807, 2.05) is 30.5 Å². The van der Waals surface area contributed by atoms with Crippen molar-refractivity contribution in [1.29, 1.82) is 0 Å². The number of aliphatic hydroxyl groups excluding tert-OH is 1. The van der Waals surface area contributed by atoms with Crippen LogP contribution in [0.4, 0.5) is 0 Å². The van der Waals surface area contributed by atoms with Crippen molar-refractivity contribution in [3.8, 4) is 17.2 Å². The van der Waals surface area contributed by atoms with Gasteiger partial charge >= 0.3 is 0 Å². The number of benzene rings is 1. The molecule has 1 aromatic carbocycles. The summed E-state index contributed by atoms with van der Waals surface area (Å²) in [6.45, 7) is 0.293. The second kappa shape index (κ2) is 4.03. The molecule has 4 rings (SSSR count). The Hall–Kier alpha value is -1.94. The van der Waals surface area contributed by atoms with Crippen molar-refractivity contribution in [3.05, 3.63) is 41.7 Å². The van der Waals surface area contributed by atoms with E-state index in [-0.39, 0.29) is 6.10 Å². The maximum absolute atomic E-state index is 10.0. The molecule has 1 unspecified atom stereocenters. The monoisotopic (exact) mass is 257 g/mol. The average Bonchev–Trinajstić information content (AvgIpc) is 3.04. The van der Waals surface area contributed by atoms with E-state index in [1.165, 1.54) is 5.69 Å². The highest BCUT2D eigenvalue weighted by Crippen LogP contribution is 2.36. The fourth-order valence-corrected chi connectivity index (χ4v) is 2.94. The van der Waals surface area contributed by atoms with Crippen LogP contribution < -0.4 is 9.47 Å². The summed E-state index contributed by atoms with van der Waals surface area (Å²) in [4.78, 5) is 0. The SMILES string of the molecule is OC1CCCc2c1ccn2-c1ccc2c(c1)OCO2. The number of aliphatic hydroxyl groups is 1. The summed E-state index contributed by atoms with van der Waals surface area (Å²) in [7, 11) is 0. The van der Waals surface area contributed by atoms with Crippen LogP contribution in [0.2, 0.25) is 0 Å². The van der Waals surface area contributed by atoms with Crippen LogP contribution in [0.3, 0.4) is 0 Å². The van der Waals surface area contributed by atoms with Crippen molar-refractivity contribution in [1.82, 2.24) is 4.57 Å². The minimum atomic E-state index is -0.320. The van der Waals surface area contributed by atoms with Gasteiger partial charge in [-0.25, -0.2) is 0 Å². The number of nitrogens with zero attached hydrogens (tertiary/aromatic N) is 1. The van der Waals surface area contributed by atoms with Crippen molar-refractivity contribution in [2.24, 2.45) is 0 Å². The summed E-state index contributed by atoms with van der Waals surface area (Å²) in [5.74, 6) is 1.58. The second-order valence-electron chi connectivity index (χ2n) is 5.03. The molecule has 2 heterocycles. The molecule has 1 aromatic heterocycles.